The summed E-state index contributed by atoms with van der Waals surface area (Å²) in [6, 6.07) is 0. The summed E-state index contributed by atoms with van der Waals surface area (Å²) in [5, 5.41) is 0. The zero-order valence-corrected chi connectivity index (χ0v) is 41.3. The van der Waals surface area contributed by atoms with Gasteiger partial charge in [0.15, 0.2) is 6.10 Å². The molecule has 0 aliphatic carbocycles. The molecule has 0 aromatic heterocycles. The van der Waals surface area contributed by atoms with Crippen molar-refractivity contribution in [2.75, 3.05) is 19.8 Å². The summed E-state index contributed by atoms with van der Waals surface area (Å²) in [6.45, 7) is 7.90. The molecule has 0 spiro atoms. The summed E-state index contributed by atoms with van der Waals surface area (Å²) >= 11 is 0. The van der Waals surface area contributed by atoms with E-state index in [2.05, 4.69) is 20.8 Å². The third kappa shape index (κ3) is 49.6. The second-order valence-electron chi connectivity index (χ2n) is 18.9. The maximum atomic E-state index is 12.7. The highest BCUT2D eigenvalue weighted by molar-refractivity contribution is 5.70. The summed E-state index contributed by atoms with van der Waals surface area (Å²) in [5.41, 5.74) is 0. The van der Waals surface area contributed by atoms with Gasteiger partial charge in [-0.3, -0.25) is 9.59 Å². The summed E-state index contributed by atoms with van der Waals surface area (Å²) < 4.78 is 17.4. The van der Waals surface area contributed by atoms with E-state index in [1.807, 2.05) is 0 Å². The monoisotopic (exact) mass is 849 g/mol. The van der Waals surface area contributed by atoms with E-state index >= 15 is 0 Å². The van der Waals surface area contributed by atoms with Crippen molar-refractivity contribution in [1.29, 1.82) is 0 Å². The van der Waals surface area contributed by atoms with Crippen LogP contribution >= 0.6 is 0 Å². The van der Waals surface area contributed by atoms with Crippen LogP contribution in [0.1, 0.15) is 316 Å². The lowest BCUT2D eigenvalue weighted by Gasteiger charge is -2.18. The lowest BCUT2D eigenvalue weighted by molar-refractivity contribution is -0.163. The van der Waals surface area contributed by atoms with Crippen LogP contribution in [0, 0.1) is 0 Å². The number of unbranched alkanes of at least 4 members (excludes halogenated alkanes) is 41. The Labute approximate surface area is 376 Å². The van der Waals surface area contributed by atoms with E-state index in [1.165, 1.54) is 250 Å². The topological polar surface area (TPSA) is 61.8 Å². The van der Waals surface area contributed by atoms with Crippen molar-refractivity contribution < 1.29 is 23.8 Å². The largest absolute Gasteiger partial charge is 0.462 e. The molecule has 0 saturated heterocycles. The first-order valence-electron chi connectivity index (χ1n) is 27.6. The third-order valence-electron chi connectivity index (χ3n) is 12.6. The average Bonchev–Trinajstić information content (AvgIpc) is 3.25. The Morgan fingerprint density at radius 1 is 0.300 bits per heavy atom. The van der Waals surface area contributed by atoms with Crippen LogP contribution < -0.4 is 0 Å². The molecule has 1 unspecified atom stereocenters. The predicted octanol–water partition coefficient (Wildman–Crippen LogP) is 18.5. The molecular formula is C55H108O5. The van der Waals surface area contributed by atoms with Crippen LogP contribution in [0.5, 0.6) is 0 Å². The molecule has 0 aliphatic heterocycles. The van der Waals surface area contributed by atoms with Crippen molar-refractivity contribution in [2.24, 2.45) is 0 Å². The zero-order valence-electron chi connectivity index (χ0n) is 41.3. The molecule has 0 saturated carbocycles. The van der Waals surface area contributed by atoms with Crippen molar-refractivity contribution in [3.8, 4) is 0 Å². The molecule has 60 heavy (non-hydrogen) atoms. The van der Waals surface area contributed by atoms with Crippen LogP contribution in [-0.4, -0.2) is 37.9 Å². The summed E-state index contributed by atoms with van der Waals surface area (Å²) in [6.07, 6.45) is 58.4. The standard InChI is InChI=1S/C55H108O5/c1-4-7-10-13-16-19-21-23-25-27-29-31-33-35-38-41-44-47-50-58-51-53(60-55(57)49-46-43-40-36-18-15-12-9-6-3)52-59-54(56)48-45-42-39-37-34-32-30-28-26-24-22-20-17-14-11-8-5-2/h53H,4-52H2,1-3H3. The maximum Gasteiger partial charge on any atom is 0.306 e. The van der Waals surface area contributed by atoms with E-state index in [9.17, 15) is 9.59 Å². The first kappa shape index (κ1) is 58.9. The number of ether oxygens (including phenoxy) is 3. The Kier molecular flexibility index (Phi) is 51.3. The second-order valence-corrected chi connectivity index (χ2v) is 18.9. The minimum atomic E-state index is -0.522. The van der Waals surface area contributed by atoms with Gasteiger partial charge in [-0.05, 0) is 19.3 Å². The van der Waals surface area contributed by atoms with Crippen LogP contribution in [0.2, 0.25) is 0 Å². The molecule has 0 aromatic carbocycles. The number of hydrogen-bond donors (Lipinski definition) is 0. The van der Waals surface area contributed by atoms with Gasteiger partial charge >= 0.3 is 11.9 Å². The van der Waals surface area contributed by atoms with Gasteiger partial charge in [-0.2, -0.15) is 0 Å². The van der Waals surface area contributed by atoms with Gasteiger partial charge in [0.2, 0.25) is 0 Å². The minimum Gasteiger partial charge on any atom is -0.462 e. The number of hydrogen-bond acceptors (Lipinski definition) is 5. The van der Waals surface area contributed by atoms with Crippen LogP contribution in [0.15, 0.2) is 0 Å². The fourth-order valence-corrected chi connectivity index (χ4v) is 8.51. The number of carbonyl (C=O) groups is 2. The van der Waals surface area contributed by atoms with Gasteiger partial charge in [0.1, 0.15) is 6.61 Å². The van der Waals surface area contributed by atoms with E-state index in [1.54, 1.807) is 0 Å². The summed E-state index contributed by atoms with van der Waals surface area (Å²) in [5.74, 6) is -0.372. The van der Waals surface area contributed by atoms with E-state index in [0.717, 1.165) is 32.1 Å². The fraction of sp³-hybridized carbons (Fsp3) is 0.964. The van der Waals surface area contributed by atoms with Crippen molar-refractivity contribution >= 4 is 11.9 Å². The van der Waals surface area contributed by atoms with Gasteiger partial charge in [0, 0.05) is 19.4 Å². The quantitative estimate of drug-likeness (QED) is 0.0451. The molecule has 0 radical (unpaired) electrons. The van der Waals surface area contributed by atoms with Gasteiger partial charge < -0.3 is 14.2 Å². The molecule has 0 aromatic rings. The van der Waals surface area contributed by atoms with Crippen molar-refractivity contribution in [2.45, 2.75) is 322 Å². The van der Waals surface area contributed by atoms with Gasteiger partial charge in [-0.15, -0.1) is 0 Å². The van der Waals surface area contributed by atoms with E-state index in [4.69, 9.17) is 14.2 Å². The first-order valence-corrected chi connectivity index (χ1v) is 27.6. The zero-order chi connectivity index (χ0) is 43.5. The van der Waals surface area contributed by atoms with Gasteiger partial charge in [-0.25, -0.2) is 0 Å². The molecular weight excluding hydrogens is 741 g/mol. The molecule has 0 fully saturated rings. The highest BCUT2D eigenvalue weighted by atomic mass is 16.6. The van der Waals surface area contributed by atoms with Crippen molar-refractivity contribution in [3.05, 3.63) is 0 Å². The minimum absolute atomic E-state index is 0.0976. The van der Waals surface area contributed by atoms with E-state index < -0.39 is 6.10 Å². The fourth-order valence-electron chi connectivity index (χ4n) is 8.51. The average molecular weight is 849 g/mol. The molecule has 0 amide bonds. The van der Waals surface area contributed by atoms with Crippen LogP contribution in [-0.2, 0) is 23.8 Å². The molecule has 1 atom stereocenters. The van der Waals surface area contributed by atoms with Crippen LogP contribution in [0.25, 0.3) is 0 Å². The lowest BCUT2D eigenvalue weighted by Crippen LogP contribution is -2.30. The number of esters is 2. The molecule has 5 heteroatoms. The molecule has 5 nitrogen and oxygen atoms in total. The molecule has 0 N–H and O–H groups in total. The van der Waals surface area contributed by atoms with Crippen LogP contribution in [0.4, 0.5) is 0 Å². The van der Waals surface area contributed by atoms with Crippen molar-refractivity contribution in [1.82, 2.24) is 0 Å². The highest BCUT2D eigenvalue weighted by Gasteiger charge is 2.17. The van der Waals surface area contributed by atoms with E-state index in [-0.39, 0.29) is 18.5 Å². The lowest BCUT2D eigenvalue weighted by atomic mass is 10.0. The number of carbonyl (C=O) groups excluding carboxylic acids is 2. The third-order valence-corrected chi connectivity index (χ3v) is 12.6. The molecule has 0 rings (SSSR count). The molecule has 0 heterocycles. The highest BCUT2D eigenvalue weighted by Crippen LogP contribution is 2.17. The summed E-state index contributed by atoms with van der Waals surface area (Å²) in [4.78, 5) is 25.3. The van der Waals surface area contributed by atoms with Gasteiger partial charge in [0.05, 0.1) is 6.61 Å². The molecule has 358 valence electrons. The predicted molar refractivity (Wildman–Crippen MR) is 261 cm³/mol. The maximum absolute atomic E-state index is 12.7. The molecule has 0 aliphatic rings. The van der Waals surface area contributed by atoms with Crippen molar-refractivity contribution in [3.63, 3.8) is 0 Å². The first-order chi connectivity index (χ1) is 29.6. The smallest absolute Gasteiger partial charge is 0.306 e. The summed E-state index contributed by atoms with van der Waals surface area (Å²) in [7, 11) is 0. The normalized spacial score (nSPS) is 12.0. The second kappa shape index (κ2) is 52.2. The Morgan fingerprint density at radius 2 is 0.550 bits per heavy atom. The van der Waals surface area contributed by atoms with Gasteiger partial charge in [-0.1, -0.05) is 284 Å². The van der Waals surface area contributed by atoms with Gasteiger partial charge in [0.25, 0.3) is 0 Å². The Bertz CT molecular complexity index is 830. The Morgan fingerprint density at radius 3 is 0.850 bits per heavy atom. The van der Waals surface area contributed by atoms with Crippen LogP contribution in [0.3, 0.4) is 0 Å². The Hall–Kier alpha value is -1.10. The Balaban J connectivity index is 4.08. The SMILES string of the molecule is CCCCCCCCCCCCCCCCCCCCOCC(COC(=O)CCCCCCCCCCCCCCCCCCC)OC(=O)CCCCCCCCCCC. The molecule has 0 bridgehead atoms. The van der Waals surface area contributed by atoms with E-state index in [0.29, 0.717) is 26.1 Å². The number of rotatable bonds is 52.